The molecule has 4 rings (SSSR count). The van der Waals surface area contributed by atoms with Gasteiger partial charge in [0, 0.05) is 12.0 Å². The highest BCUT2D eigenvalue weighted by molar-refractivity contribution is 5.78. The van der Waals surface area contributed by atoms with Crippen molar-refractivity contribution in [1.29, 1.82) is 5.26 Å². The predicted octanol–water partition coefficient (Wildman–Crippen LogP) is 2.62. The van der Waals surface area contributed by atoms with Gasteiger partial charge in [-0.15, -0.1) is 5.11 Å². The number of fused-ring (bicyclic) bond motifs is 2. The van der Waals surface area contributed by atoms with Crippen molar-refractivity contribution in [3.8, 4) is 11.8 Å². The van der Waals surface area contributed by atoms with E-state index in [2.05, 4.69) is 21.3 Å². The fraction of sp³-hybridized carbons (Fsp3) is 0.231. The summed E-state index contributed by atoms with van der Waals surface area (Å²) in [6.07, 6.45) is 0.872. The van der Waals surface area contributed by atoms with Crippen LogP contribution in [0.25, 0.3) is 16.8 Å². The highest BCUT2D eigenvalue weighted by Gasteiger charge is 2.45. The van der Waals surface area contributed by atoms with Crippen LogP contribution in [0.2, 0.25) is 0 Å². The minimum atomic E-state index is 0.109. The Balaban J connectivity index is 1.90. The zero-order valence-electron chi connectivity index (χ0n) is 9.74. The molecular formula is C13H8N4O2. The molecule has 0 bridgehead atoms. The van der Waals surface area contributed by atoms with Gasteiger partial charge < -0.3 is 9.52 Å². The van der Waals surface area contributed by atoms with Gasteiger partial charge in [-0.1, -0.05) is 0 Å². The number of rotatable bonds is 1. The van der Waals surface area contributed by atoms with Crippen molar-refractivity contribution in [2.24, 2.45) is 16.1 Å². The van der Waals surface area contributed by atoms with Crippen molar-refractivity contribution in [1.82, 2.24) is 4.98 Å². The molecule has 2 aromatic rings. The molecule has 2 heterocycles. The fourth-order valence-electron chi connectivity index (χ4n) is 2.29. The summed E-state index contributed by atoms with van der Waals surface area (Å²) >= 11 is 0. The lowest BCUT2D eigenvalue weighted by Gasteiger charge is -2.03. The average Bonchev–Trinajstić information content (AvgIpc) is 3.08. The quantitative estimate of drug-likeness (QED) is 0.843. The molecule has 2 aliphatic rings. The molecule has 1 aliphatic heterocycles. The minimum Gasteiger partial charge on any atom is -0.508 e. The summed E-state index contributed by atoms with van der Waals surface area (Å²) in [5.41, 5.74) is 2.09. The molecule has 2 unspecified atom stereocenters. The molecule has 0 saturated heterocycles. The number of phenols is 1. The van der Waals surface area contributed by atoms with E-state index >= 15 is 0 Å². The second-order valence-corrected chi connectivity index (χ2v) is 4.67. The van der Waals surface area contributed by atoms with E-state index < -0.39 is 0 Å². The molecule has 6 nitrogen and oxygen atoms in total. The fourth-order valence-corrected chi connectivity index (χ4v) is 2.29. The van der Waals surface area contributed by atoms with E-state index in [4.69, 9.17) is 4.42 Å². The summed E-state index contributed by atoms with van der Waals surface area (Å²) in [6.45, 7) is 0. The maximum atomic E-state index is 9.40. The smallest absolute Gasteiger partial charge is 0.249 e. The molecule has 1 aliphatic carbocycles. The van der Waals surface area contributed by atoms with Crippen molar-refractivity contribution >= 4 is 16.8 Å². The largest absolute Gasteiger partial charge is 0.508 e. The first-order valence-corrected chi connectivity index (χ1v) is 5.91. The van der Waals surface area contributed by atoms with E-state index in [-0.39, 0.29) is 23.6 Å². The summed E-state index contributed by atoms with van der Waals surface area (Å²) in [6, 6.07) is 7.01. The minimum absolute atomic E-state index is 0.109. The Morgan fingerprint density at radius 3 is 3.16 bits per heavy atom. The third kappa shape index (κ3) is 1.45. The van der Waals surface area contributed by atoms with Gasteiger partial charge >= 0.3 is 0 Å². The molecule has 1 N–H and O–H groups in total. The first-order chi connectivity index (χ1) is 9.26. The van der Waals surface area contributed by atoms with Crippen LogP contribution >= 0.6 is 0 Å². The lowest BCUT2D eigenvalue weighted by Crippen LogP contribution is -1.98. The van der Waals surface area contributed by atoms with Crippen LogP contribution in [0, 0.1) is 17.2 Å². The molecule has 1 fully saturated rings. The van der Waals surface area contributed by atoms with Crippen LogP contribution in [-0.4, -0.2) is 16.1 Å². The van der Waals surface area contributed by atoms with Crippen LogP contribution in [-0.2, 0) is 0 Å². The van der Waals surface area contributed by atoms with Gasteiger partial charge in [-0.2, -0.15) is 10.4 Å². The molecule has 1 aromatic carbocycles. The summed E-state index contributed by atoms with van der Waals surface area (Å²) in [5, 5.41) is 26.8. The Morgan fingerprint density at radius 2 is 2.32 bits per heavy atom. The van der Waals surface area contributed by atoms with Crippen LogP contribution in [0.1, 0.15) is 12.3 Å². The molecule has 19 heavy (non-hydrogen) atoms. The van der Waals surface area contributed by atoms with Gasteiger partial charge in [0.2, 0.25) is 5.89 Å². The zero-order chi connectivity index (χ0) is 13.0. The molecule has 2 atom stereocenters. The van der Waals surface area contributed by atoms with E-state index in [0.717, 1.165) is 6.42 Å². The number of azo groups is 1. The Bertz CT molecular complexity index is 797. The number of phenolic OH excluding ortho intramolecular Hbond substituents is 1. The molecule has 6 heteroatoms. The average molecular weight is 252 g/mol. The lowest BCUT2D eigenvalue weighted by molar-refractivity contribution is 0.474. The number of nitriles is 1. The molecule has 1 aromatic heterocycles. The number of benzene rings is 1. The Labute approximate surface area is 107 Å². The third-order valence-electron chi connectivity index (χ3n) is 3.38. The van der Waals surface area contributed by atoms with Gasteiger partial charge in [0.1, 0.15) is 11.3 Å². The second-order valence-electron chi connectivity index (χ2n) is 4.67. The maximum absolute atomic E-state index is 9.40. The van der Waals surface area contributed by atoms with Gasteiger partial charge in [-0.3, -0.25) is 0 Å². The van der Waals surface area contributed by atoms with Crippen molar-refractivity contribution in [2.75, 3.05) is 0 Å². The van der Waals surface area contributed by atoms with E-state index in [0.29, 0.717) is 22.4 Å². The van der Waals surface area contributed by atoms with E-state index in [1.165, 1.54) is 12.1 Å². The van der Waals surface area contributed by atoms with Gasteiger partial charge in [0.25, 0.3) is 0 Å². The Hall–Kier alpha value is -2.68. The first kappa shape index (κ1) is 10.3. The number of aromatic nitrogens is 1. The van der Waals surface area contributed by atoms with Gasteiger partial charge in [0.05, 0.1) is 17.7 Å². The topological polar surface area (TPSA) is 94.8 Å². The van der Waals surface area contributed by atoms with Crippen molar-refractivity contribution in [3.05, 3.63) is 29.7 Å². The Morgan fingerprint density at radius 1 is 1.42 bits per heavy atom. The highest BCUT2D eigenvalue weighted by Crippen LogP contribution is 2.47. The highest BCUT2D eigenvalue weighted by atomic mass is 16.3. The molecule has 0 amide bonds. The van der Waals surface area contributed by atoms with Crippen LogP contribution < -0.4 is 0 Å². The van der Waals surface area contributed by atoms with Crippen LogP contribution in [0.15, 0.2) is 38.4 Å². The number of aromatic hydroxyl groups is 1. The lowest BCUT2D eigenvalue weighted by atomic mass is 10.1. The normalized spacial score (nSPS) is 24.4. The summed E-state index contributed by atoms with van der Waals surface area (Å²) in [5.74, 6) is 0.560. The molecule has 0 radical (unpaired) electrons. The number of nitrogens with zero attached hydrogens (tertiary/aromatic N) is 4. The van der Waals surface area contributed by atoms with E-state index in [9.17, 15) is 10.4 Å². The molecular weight excluding hydrogens is 244 g/mol. The maximum Gasteiger partial charge on any atom is 0.249 e. The van der Waals surface area contributed by atoms with Crippen molar-refractivity contribution in [2.45, 2.75) is 12.5 Å². The van der Waals surface area contributed by atoms with E-state index in [1.807, 2.05) is 0 Å². The van der Waals surface area contributed by atoms with E-state index in [1.54, 1.807) is 6.07 Å². The number of hydrogen-bond donors (Lipinski definition) is 1. The summed E-state index contributed by atoms with van der Waals surface area (Å²) in [7, 11) is 0. The first-order valence-electron chi connectivity index (χ1n) is 5.91. The van der Waals surface area contributed by atoms with Crippen molar-refractivity contribution < 1.29 is 9.52 Å². The van der Waals surface area contributed by atoms with Gasteiger partial charge in [-0.25, -0.2) is 4.98 Å². The molecule has 92 valence electrons. The molecule has 0 spiro atoms. The van der Waals surface area contributed by atoms with Gasteiger partial charge in [-0.05, 0) is 18.6 Å². The van der Waals surface area contributed by atoms with Crippen LogP contribution in [0.4, 0.5) is 0 Å². The Kier molecular flexibility index (Phi) is 1.85. The standard InChI is InChI=1S/C13H8N4O2/c14-5-8-7-4-10(7)16-17-12(8)13-15-9-2-1-6(18)3-11(9)19-13/h1-3,7,10,18H,4H2. The van der Waals surface area contributed by atoms with Crippen LogP contribution in [0.5, 0.6) is 5.75 Å². The predicted molar refractivity (Wildman–Crippen MR) is 65.0 cm³/mol. The second kappa shape index (κ2) is 3.42. The summed E-state index contributed by atoms with van der Waals surface area (Å²) < 4.78 is 5.55. The summed E-state index contributed by atoms with van der Waals surface area (Å²) in [4.78, 5) is 4.29. The number of oxazole rings is 1. The molecule has 1 saturated carbocycles. The third-order valence-corrected chi connectivity index (χ3v) is 3.38. The monoisotopic (exact) mass is 252 g/mol. The zero-order valence-corrected chi connectivity index (χ0v) is 9.74. The van der Waals surface area contributed by atoms with Gasteiger partial charge in [0.15, 0.2) is 11.3 Å². The number of hydrogen-bond acceptors (Lipinski definition) is 6. The van der Waals surface area contributed by atoms with Crippen LogP contribution in [0.3, 0.4) is 0 Å². The SMILES string of the molecule is N#CC1=C(c2nc3ccc(O)cc3o2)N=NC2CC12. The van der Waals surface area contributed by atoms with Crippen molar-refractivity contribution in [3.63, 3.8) is 0 Å².